The monoisotopic (exact) mass is 306 g/mol. The van der Waals surface area contributed by atoms with E-state index in [4.69, 9.17) is 4.74 Å². The van der Waals surface area contributed by atoms with Gasteiger partial charge in [0, 0.05) is 6.92 Å². The van der Waals surface area contributed by atoms with E-state index in [-0.39, 0.29) is 17.7 Å². The van der Waals surface area contributed by atoms with Crippen molar-refractivity contribution < 1.29 is 14.3 Å². The topological polar surface area (TPSA) is 43.4 Å². The molecular weight excluding hydrogens is 284 g/mol. The second-order valence-corrected chi connectivity index (χ2v) is 6.58. The Hall–Kier alpha value is -1.55. The van der Waals surface area contributed by atoms with Crippen LogP contribution in [0.4, 0.5) is 0 Å². The molecule has 0 heterocycles. The normalized spacial score (nSPS) is 13.9. The minimum Gasteiger partial charge on any atom is -0.460 e. The lowest BCUT2D eigenvalue weighted by Gasteiger charge is -2.22. The molecule has 4 heteroatoms. The molecule has 1 atom stereocenters. The fourth-order valence-electron chi connectivity index (χ4n) is 1.78. The van der Waals surface area contributed by atoms with Crippen molar-refractivity contribution in [3.05, 3.63) is 48.0 Å². The van der Waals surface area contributed by atoms with Crippen LogP contribution in [0.15, 0.2) is 42.5 Å². The van der Waals surface area contributed by atoms with Crippen molar-refractivity contribution in [1.82, 2.24) is 0 Å². The summed E-state index contributed by atoms with van der Waals surface area (Å²) >= 11 is 0.995. The zero-order chi connectivity index (χ0) is 15.7. The largest absolute Gasteiger partial charge is 0.460 e. The Morgan fingerprint density at radius 2 is 1.95 bits per heavy atom. The van der Waals surface area contributed by atoms with E-state index >= 15 is 0 Å². The molecule has 3 nitrogen and oxygen atoms in total. The van der Waals surface area contributed by atoms with Crippen molar-refractivity contribution in [2.75, 3.05) is 0 Å². The van der Waals surface area contributed by atoms with Gasteiger partial charge in [0.25, 0.3) is 0 Å². The Balaban J connectivity index is 2.72. The zero-order valence-corrected chi connectivity index (χ0v) is 13.6. The number of thioether (sulfide) groups is 1. The predicted octanol–water partition coefficient (Wildman–Crippen LogP) is 4.12. The standard InChI is InChI=1S/C17H22O3S/c1-4-5-9-12-17(3,21-14(2)18)16(19)20-13-15-10-7-6-8-11-15/h6-12H,4-5,13H2,1-3H3/t17-/m1/s1. The number of hydrogen-bond acceptors (Lipinski definition) is 4. The van der Waals surface area contributed by atoms with Crippen LogP contribution in [0, 0.1) is 0 Å². The molecule has 0 bridgehead atoms. The lowest BCUT2D eigenvalue weighted by Crippen LogP contribution is -2.32. The molecule has 0 aromatic heterocycles. The molecule has 1 aromatic carbocycles. The third-order valence-corrected chi connectivity index (χ3v) is 3.88. The third-order valence-electron chi connectivity index (χ3n) is 2.87. The van der Waals surface area contributed by atoms with E-state index in [1.165, 1.54) is 6.92 Å². The molecule has 1 rings (SSSR count). The Bertz CT molecular complexity index is 496. The number of allylic oxidation sites excluding steroid dienone is 1. The summed E-state index contributed by atoms with van der Waals surface area (Å²) in [7, 11) is 0. The van der Waals surface area contributed by atoms with Crippen LogP contribution >= 0.6 is 11.8 Å². The van der Waals surface area contributed by atoms with E-state index in [1.807, 2.05) is 36.4 Å². The quantitative estimate of drug-likeness (QED) is 0.561. The number of unbranched alkanes of at least 4 members (excludes halogenated alkanes) is 1. The molecule has 1 aromatic rings. The smallest absolute Gasteiger partial charge is 0.326 e. The molecule has 114 valence electrons. The van der Waals surface area contributed by atoms with Crippen molar-refractivity contribution in [3.63, 3.8) is 0 Å². The first-order chi connectivity index (χ1) is 9.98. The zero-order valence-electron chi connectivity index (χ0n) is 12.8. The first kappa shape index (κ1) is 17.5. The van der Waals surface area contributed by atoms with Gasteiger partial charge in [-0.3, -0.25) is 9.59 Å². The molecular formula is C17H22O3S. The molecule has 0 amide bonds. The predicted molar refractivity (Wildman–Crippen MR) is 87.0 cm³/mol. The Kier molecular flexibility index (Phi) is 7.23. The van der Waals surface area contributed by atoms with E-state index in [9.17, 15) is 9.59 Å². The van der Waals surface area contributed by atoms with Crippen LogP contribution in [0.2, 0.25) is 0 Å². The van der Waals surface area contributed by atoms with Crippen LogP contribution < -0.4 is 0 Å². The van der Waals surface area contributed by atoms with Crippen molar-refractivity contribution in [2.24, 2.45) is 0 Å². The number of hydrogen-bond donors (Lipinski definition) is 0. The van der Waals surface area contributed by atoms with Crippen LogP contribution in [-0.4, -0.2) is 15.8 Å². The first-order valence-electron chi connectivity index (χ1n) is 7.06. The number of carbonyl (C=O) groups is 2. The van der Waals surface area contributed by atoms with Crippen molar-refractivity contribution >= 4 is 22.8 Å². The second-order valence-electron chi connectivity index (χ2n) is 4.95. The number of ether oxygens (including phenoxy) is 1. The summed E-state index contributed by atoms with van der Waals surface area (Å²) in [5.74, 6) is -0.390. The molecule has 0 aliphatic rings. The fourth-order valence-corrected chi connectivity index (χ4v) is 2.69. The van der Waals surface area contributed by atoms with Crippen LogP contribution in [0.25, 0.3) is 0 Å². The summed E-state index contributed by atoms with van der Waals surface area (Å²) in [4.78, 5) is 23.7. The van der Waals surface area contributed by atoms with Gasteiger partial charge in [0.15, 0.2) is 5.12 Å². The molecule has 0 saturated heterocycles. The van der Waals surface area contributed by atoms with Gasteiger partial charge in [0.2, 0.25) is 0 Å². The molecule has 21 heavy (non-hydrogen) atoms. The molecule has 0 spiro atoms. The van der Waals surface area contributed by atoms with Gasteiger partial charge in [0.05, 0.1) is 0 Å². The van der Waals surface area contributed by atoms with Gasteiger partial charge in [-0.1, -0.05) is 67.6 Å². The van der Waals surface area contributed by atoms with Gasteiger partial charge in [-0.05, 0) is 18.9 Å². The molecule has 0 saturated carbocycles. The van der Waals surface area contributed by atoms with Gasteiger partial charge in [-0.25, -0.2) is 0 Å². The minimum absolute atomic E-state index is 0.102. The Morgan fingerprint density at radius 1 is 1.29 bits per heavy atom. The van der Waals surface area contributed by atoms with Gasteiger partial charge >= 0.3 is 5.97 Å². The van der Waals surface area contributed by atoms with Crippen molar-refractivity contribution in [3.8, 4) is 0 Å². The first-order valence-corrected chi connectivity index (χ1v) is 7.88. The van der Waals surface area contributed by atoms with Crippen molar-refractivity contribution in [1.29, 1.82) is 0 Å². The van der Waals surface area contributed by atoms with Gasteiger partial charge in [-0.2, -0.15) is 0 Å². The van der Waals surface area contributed by atoms with Crippen LogP contribution in [-0.2, 0) is 20.9 Å². The number of esters is 1. The molecule has 0 unspecified atom stereocenters. The average molecular weight is 306 g/mol. The van der Waals surface area contributed by atoms with E-state index in [1.54, 1.807) is 13.0 Å². The highest BCUT2D eigenvalue weighted by Gasteiger charge is 2.34. The lowest BCUT2D eigenvalue weighted by molar-refractivity contribution is -0.146. The lowest BCUT2D eigenvalue weighted by atomic mass is 10.1. The minimum atomic E-state index is -0.963. The molecule has 0 fully saturated rings. The molecule has 0 N–H and O–H groups in total. The van der Waals surface area contributed by atoms with E-state index < -0.39 is 4.75 Å². The van der Waals surface area contributed by atoms with Gasteiger partial charge in [-0.15, -0.1) is 0 Å². The summed E-state index contributed by atoms with van der Waals surface area (Å²) in [6.07, 6.45) is 5.58. The Morgan fingerprint density at radius 3 is 2.52 bits per heavy atom. The average Bonchev–Trinajstić information content (AvgIpc) is 2.45. The highest BCUT2D eigenvalue weighted by atomic mass is 32.2. The van der Waals surface area contributed by atoms with Gasteiger partial charge in [0.1, 0.15) is 11.4 Å². The summed E-state index contributed by atoms with van der Waals surface area (Å²) < 4.78 is 4.40. The van der Waals surface area contributed by atoms with Gasteiger partial charge < -0.3 is 4.74 Å². The molecule has 0 radical (unpaired) electrons. The highest BCUT2D eigenvalue weighted by molar-refractivity contribution is 8.15. The van der Waals surface area contributed by atoms with E-state index in [2.05, 4.69) is 6.92 Å². The summed E-state index contributed by atoms with van der Waals surface area (Å²) in [5.41, 5.74) is 0.929. The van der Waals surface area contributed by atoms with E-state index in [0.29, 0.717) is 0 Å². The van der Waals surface area contributed by atoms with E-state index in [0.717, 1.165) is 30.2 Å². The fraction of sp³-hybridized carbons (Fsp3) is 0.412. The SMILES string of the molecule is CCCC=C[C@@](C)(SC(C)=O)C(=O)OCc1ccccc1. The van der Waals surface area contributed by atoms with Crippen LogP contribution in [0.1, 0.15) is 39.2 Å². The summed E-state index contributed by atoms with van der Waals surface area (Å²) in [6, 6.07) is 9.50. The third kappa shape index (κ3) is 6.17. The van der Waals surface area contributed by atoms with Crippen LogP contribution in [0.5, 0.6) is 0 Å². The number of benzene rings is 1. The molecule has 0 aliphatic carbocycles. The number of carbonyl (C=O) groups excluding carboxylic acids is 2. The van der Waals surface area contributed by atoms with Crippen molar-refractivity contribution in [2.45, 2.75) is 45.0 Å². The number of rotatable bonds is 7. The summed E-state index contributed by atoms with van der Waals surface area (Å²) in [6.45, 7) is 5.46. The summed E-state index contributed by atoms with van der Waals surface area (Å²) in [5, 5.41) is -0.102. The Labute approximate surface area is 130 Å². The van der Waals surface area contributed by atoms with Crippen LogP contribution in [0.3, 0.4) is 0 Å². The maximum absolute atomic E-state index is 12.3. The maximum Gasteiger partial charge on any atom is 0.326 e. The highest BCUT2D eigenvalue weighted by Crippen LogP contribution is 2.29. The second kappa shape index (κ2) is 8.67. The maximum atomic E-state index is 12.3. The molecule has 0 aliphatic heterocycles.